The molecular weight excluding hydrogens is 387 g/mol. The lowest BCUT2D eigenvalue weighted by Crippen LogP contribution is -2.44. The fourth-order valence-electron chi connectivity index (χ4n) is 3.66. The molecule has 0 bridgehead atoms. The highest BCUT2D eigenvalue weighted by molar-refractivity contribution is 5.97. The Balaban J connectivity index is 2.22. The minimum atomic E-state index is -0.611. The van der Waals surface area contributed by atoms with Crippen molar-refractivity contribution < 1.29 is 23.5 Å². The maximum absolute atomic E-state index is 13.8. The smallest absolute Gasteiger partial charge is 0.336 e. The van der Waals surface area contributed by atoms with Crippen LogP contribution in [0.25, 0.3) is 0 Å². The van der Waals surface area contributed by atoms with Gasteiger partial charge in [-0.3, -0.25) is 9.59 Å². The zero-order chi connectivity index (χ0) is 22.1. The van der Waals surface area contributed by atoms with Gasteiger partial charge in [0.2, 0.25) is 11.8 Å². The third-order valence-corrected chi connectivity index (χ3v) is 5.22. The second-order valence-corrected chi connectivity index (χ2v) is 7.42. The first-order chi connectivity index (χ1) is 14.4. The summed E-state index contributed by atoms with van der Waals surface area (Å²) < 4.78 is 19.0. The molecule has 1 unspecified atom stereocenters. The highest BCUT2D eigenvalue weighted by atomic mass is 19.1. The topological polar surface area (TPSA) is 75.7 Å². The number of carbonyl (C=O) groups is 3. The van der Waals surface area contributed by atoms with E-state index < -0.39 is 17.7 Å². The van der Waals surface area contributed by atoms with E-state index in [4.69, 9.17) is 4.74 Å². The van der Waals surface area contributed by atoms with E-state index in [0.29, 0.717) is 17.8 Å². The molecule has 0 saturated heterocycles. The number of nitrogens with one attached hydrogen (secondary N) is 1. The largest absolute Gasteiger partial charge is 0.463 e. The Bertz CT molecular complexity index is 806. The molecule has 0 fully saturated rings. The summed E-state index contributed by atoms with van der Waals surface area (Å²) in [5.41, 5.74) is 1.20. The Hall–Kier alpha value is -2.70. The Morgan fingerprint density at radius 1 is 1.23 bits per heavy atom. The number of esters is 1. The first kappa shape index (κ1) is 23.6. The average molecular weight is 419 g/mol. The van der Waals surface area contributed by atoms with Crippen molar-refractivity contribution in [1.29, 1.82) is 0 Å². The van der Waals surface area contributed by atoms with Crippen molar-refractivity contribution in [3.63, 3.8) is 0 Å². The summed E-state index contributed by atoms with van der Waals surface area (Å²) in [6.45, 7) is 6.02. The first-order valence-corrected chi connectivity index (χ1v) is 10.6. The van der Waals surface area contributed by atoms with Crippen LogP contribution in [-0.4, -0.2) is 42.4 Å². The van der Waals surface area contributed by atoms with E-state index in [1.807, 2.05) is 0 Å². The average Bonchev–Trinajstić information content (AvgIpc) is 2.70. The molecule has 0 aromatic heterocycles. The number of amides is 2. The molecule has 1 aromatic carbocycles. The maximum atomic E-state index is 13.8. The monoisotopic (exact) mass is 418 g/mol. The third-order valence-electron chi connectivity index (χ3n) is 5.22. The Morgan fingerprint density at radius 3 is 2.67 bits per heavy atom. The number of hydrogen-bond acceptors (Lipinski definition) is 4. The van der Waals surface area contributed by atoms with Crippen LogP contribution in [0.4, 0.5) is 4.39 Å². The SMILES string of the molecule is CCCCCCNC(=O)CN1C(=O)CC(c2cccc(F)c2)C(C(=O)OCC)=C1C. The maximum Gasteiger partial charge on any atom is 0.336 e. The Kier molecular flexibility index (Phi) is 9.02. The zero-order valence-corrected chi connectivity index (χ0v) is 18.0. The van der Waals surface area contributed by atoms with Crippen LogP contribution in [0, 0.1) is 5.82 Å². The molecular formula is C23H31FN2O4. The van der Waals surface area contributed by atoms with Gasteiger partial charge in [0.1, 0.15) is 12.4 Å². The molecule has 164 valence electrons. The van der Waals surface area contributed by atoms with Crippen molar-refractivity contribution in [3.8, 4) is 0 Å². The summed E-state index contributed by atoms with van der Waals surface area (Å²) in [5, 5.41) is 2.83. The number of hydrogen-bond donors (Lipinski definition) is 1. The van der Waals surface area contributed by atoms with Gasteiger partial charge >= 0.3 is 5.97 Å². The second kappa shape index (κ2) is 11.5. The number of unbranched alkanes of at least 4 members (excludes halogenated alkanes) is 3. The van der Waals surface area contributed by atoms with Crippen LogP contribution in [-0.2, 0) is 19.1 Å². The molecule has 2 amide bonds. The van der Waals surface area contributed by atoms with E-state index >= 15 is 0 Å². The van der Waals surface area contributed by atoms with Gasteiger partial charge in [-0.2, -0.15) is 0 Å². The molecule has 1 N–H and O–H groups in total. The number of halogens is 1. The van der Waals surface area contributed by atoms with E-state index in [0.717, 1.165) is 25.7 Å². The van der Waals surface area contributed by atoms with E-state index in [9.17, 15) is 18.8 Å². The van der Waals surface area contributed by atoms with Gasteiger partial charge in [-0.15, -0.1) is 0 Å². The van der Waals surface area contributed by atoms with Crippen molar-refractivity contribution in [1.82, 2.24) is 10.2 Å². The molecule has 7 heteroatoms. The summed E-state index contributed by atoms with van der Waals surface area (Å²) in [7, 11) is 0. The van der Waals surface area contributed by atoms with Crippen molar-refractivity contribution >= 4 is 17.8 Å². The van der Waals surface area contributed by atoms with Gasteiger partial charge in [0.25, 0.3) is 0 Å². The van der Waals surface area contributed by atoms with Gasteiger partial charge in [-0.25, -0.2) is 9.18 Å². The molecule has 1 heterocycles. The summed E-state index contributed by atoms with van der Waals surface area (Å²) in [6, 6.07) is 5.87. The minimum absolute atomic E-state index is 0.0290. The van der Waals surface area contributed by atoms with Gasteiger partial charge in [0.05, 0.1) is 12.2 Å². The molecule has 1 atom stereocenters. The number of nitrogens with zero attached hydrogens (tertiary/aromatic N) is 1. The quantitative estimate of drug-likeness (QED) is 0.465. The van der Waals surface area contributed by atoms with Crippen molar-refractivity contribution in [2.45, 2.75) is 58.8 Å². The van der Waals surface area contributed by atoms with Crippen LogP contribution in [0.3, 0.4) is 0 Å². The van der Waals surface area contributed by atoms with E-state index in [1.165, 1.54) is 17.0 Å². The molecule has 2 rings (SSSR count). The Labute approximate surface area is 177 Å². The Morgan fingerprint density at radius 2 is 2.00 bits per heavy atom. The van der Waals surface area contributed by atoms with Crippen LogP contribution >= 0.6 is 0 Å². The number of rotatable bonds is 10. The van der Waals surface area contributed by atoms with Gasteiger partial charge in [0.15, 0.2) is 0 Å². The van der Waals surface area contributed by atoms with Crippen molar-refractivity contribution in [3.05, 3.63) is 46.9 Å². The number of ether oxygens (including phenoxy) is 1. The van der Waals surface area contributed by atoms with Crippen LogP contribution in [0.2, 0.25) is 0 Å². The van der Waals surface area contributed by atoms with E-state index in [-0.39, 0.29) is 37.0 Å². The van der Waals surface area contributed by atoms with Gasteiger partial charge < -0.3 is 15.0 Å². The van der Waals surface area contributed by atoms with Crippen LogP contribution in [0.15, 0.2) is 35.5 Å². The molecule has 30 heavy (non-hydrogen) atoms. The van der Waals surface area contributed by atoms with Crippen LogP contribution in [0.5, 0.6) is 0 Å². The number of carbonyl (C=O) groups excluding carboxylic acids is 3. The third kappa shape index (κ3) is 6.15. The van der Waals surface area contributed by atoms with Crippen molar-refractivity contribution in [2.75, 3.05) is 19.7 Å². The molecule has 6 nitrogen and oxygen atoms in total. The van der Waals surface area contributed by atoms with E-state index in [2.05, 4.69) is 12.2 Å². The molecule has 1 aromatic rings. The lowest BCUT2D eigenvalue weighted by Gasteiger charge is -2.34. The van der Waals surface area contributed by atoms with E-state index in [1.54, 1.807) is 26.0 Å². The highest BCUT2D eigenvalue weighted by Gasteiger charge is 2.37. The fraction of sp³-hybridized carbons (Fsp3) is 0.522. The second-order valence-electron chi connectivity index (χ2n) is 7.42. The predicted molar refractivity (Wildman–Crippen MR) is 112 cm³/mol. The normalized spacial score (nSPS) is 16.6. The van der Waals surface area contributed by atoms with Crippen LogP contribution in [0.1, 0.15) is 64.4 Å². The first-order valence-electron chi connectivity index (χ1n) is 10.6. The molecule has 1 aliphatic heterocycles. The zero-order valence-electron chi connectivity index (χ0n) is 18.0. The minimum Gasteiger partial charge on any atom is -0.463 e. The number of benzene rings is 1. The van der Waals surface area contributed by atoms with Gasteiger partial charge in [-0.1, -0.05) is 38.3 Å². The highest BCUT2D eigenvalue weighted by Crippen LogP contribution is 2.37. The summed E-state index contributed by atoms with van der Waals surface area (Å²) in [4.78, 5) is 39.2. The van der Waals surface area contributed by atoms with Crippen molar-refractivity contribution in [2.24, 2.45) is 0 Å². The fourth-order valence-corrected chi connectivity index (χ4v) is 3.66. The molecule has 1 aliphatic rings. The molecule has 0 aliphatic carbocycles. The molecule has 0 saturated carbocycles. The van der Waals surface area contributed by atoms with Gasteiger partial charge in [-0.05, 0) is 38.0 Å². The summed E-state index contributed by atoms with van der Waals surface area (Å²) >= 11 is 0. The molecule has 0 spiro atoms. The lowest BCUT2D eigenvalue weighted by molar-refractivity contribution is -0.141. The van der Waals surface area contributed by atoms with Gasteiger partial charge in [0, 0.05) is 24.6 Å². The van der Waals surface area contributed by atoms with Crippen LogP contribution < -0.4 is 5.32 Å². The summed E-state index contributed by atoms with van der Waals surface area (Å²) in [6.07, 6.45) is 4.13. The predicted octanol–water partition coefficient (Wildman–Crippen LogP) is 3.68. The number of allylic oxidation sites excluding steroid dienone is 1. The standard InChI is InChI=1S/C23H31FN2O4/c1-4-6-7-8-12-25-20(27)15-26-16(3)22(23(29)30-5-2)19(14-21(26)28)17-10-9-11-18(24)13-17/h9-11,13,19H,4-8,12,14-15H2,1-3H3,(H,25,27). The summed E-state index contributed by atoms with van der Waals surface area (Å²) in [5.74, 6) is -2.16. The molecule has 0 radical (unpaired) electrons. The lowest BCUT2D eigenvalue weighted by atomic mass is 9.83.